The maximum absolute atomic E-state index is 13.0. The number of hydrogen-bond acceptors (Lipinski definition) is 4. The van der Waals surface area contributed by atoms with Gasteiger partial charge in [-0.05, 0) is 46.0 Å². The molecule has 1 unspecified atom stereocenters. The van der Waals surface area contributed by atoms with Crippen LogP contribution in [0.4, 0.5) is 0 Å². The van der Waals surface area contributed by atoms with Crippen LogP contribution in [-0.2, 0) is 11.3 Å². The van der Waals surface area contributed by atoms with Crippen molar-refractivity contribution in [1.82, 2.24) is 14.7 Å². The standard InChI is InChI=1S/C18H29N3O3/c1-4-9-21-14(3)16(13(2)19-21)17(23)20-10-7-18(8-11-20)15(22)6-5-12-24-18/h15,22H,4-12H2,1-3H3. The largest absolute Gasteiger partial charge is 0.390 e. The number of amides is 1. The van der Waals surface area contributed by atoms with Gasteiger partial charge >= 0.3 is 0 Å². The van der Waals surface area contributed by atoms with Crippen molar-refractivity contribution >= 4 is 5.91 Å². The number of aromatic nitrogens is 2. The van der Waals surface area contributed by atoms with E-state index in [2.05, 4.69) is 12.0 Å². The quantitative estimate of drug-likeness (QED) is 0.918. The van der Waals surface area contributed by atoms with Gasteiger partial charge in [-0.2, -0.15) is 5.10 Å². The summed E-state index contributed by atoms with van der Waals surface area (Å²) in [7, 11) is 0. The molecule has 1 aromatic heterocycles. The predicted octanol–water partition coefficient (Wildman–Crippen LogP) is 2.06. The Morgan fingerprint density at radius 1 is 1.38 bits per heavy atom. The number of aliphatic hydroxyl groups is 1. The third-order valence-electron chi connectivity index (χ3n) is 5.55. The Hall–Kier alpha value is -1.40. The van der Waals surface area contributed by atoms with E-state index in [1.807, 2.05) is 23.4 Å². The van der Waals surface area contributed by atoms with Crippen LogP contribution in [0, 0.1) is 13.8 Å². The molecule has 134 valence electrons. The molecule has 24 heavy (non-hydrogen) atoms. The Bertz CT molecular complexity index is 603. The highest BCUT2D eigenvalue weighted by Crippen LogP contribution is 2.35. The van der Waals surface area contributed by atoms with Gasteiger partial charge in [-0.15, -0.1) is 0 Å². The fourth-order valence-corrected chi connectivity index (χ4v) is 4.07. The molecule has 1 amide bonds. The van der Waals surface area contributed by atoms with Crippen molar-refractivity contribution in [2.45, 2.75) is 71.1 Å². The van der Waals surface area contributed by atoms with Gasteiger partial charge < -0.3 is 14.7 Å². The minimum absolute atomic E-state index is 0.0625. The van der Waals surface area contributed by atoms with E-state index in [4.69, 9.17) is 4.74 Å². The van der Waals surface area contributed by atoms with Crippen molar-refractivity contribution < 1.29 is 14.6 Å². The van der Waals surface area contributed by atoms with Crippen molar-refractivity contribution in [2.24, 2.45) is 0 Å². The summed E-state index contributed by atoms with van der Waals surface area (Å²) in [4.78, 5) is 14.9. The minimum atomic E-state index is -0.439. The fraction of sp³-hybridized carbons (Fsp3) is 0.778. The van der Waals surface area contributed by atoms with Crippen LogP contribution in [0.5, 0.6) is 0 Å². The van der Waals surface area contributed by atoms with Crippen LogP contribution in [0.25, 0.3) is 0 Å². The summed E-state index contributed by atoms with van der Waals surface area (Å²) in [6.45, 7) is 8.81. The Morgan fingerprint density at radius 2 is 2.08 bits per heavy atom. The molecule has 0 saturated carbocycles. The molecular formula is C18H29N3O3. The summed E-state index contributed by atoms with van der Waals surface area (Å²) in [6.07, 6.45) is 3.73. The van der Waals surface area contributed by atoms with E-state index in [0.29, 0.717) is 32.5 Å². The van der Waals surface area contributed by atoms with E-state index in [1.54, 1.807) is 0 Å². The maximum atomic E-state index is 13.0. The third kappa shape index (κ3) is 2.97. The highest BCUT2D eigenvalue weighted by molar-refractivity contribution is 5.96. The zero-order chi connectivity index (χ0) is 17.3. The zero-order valence-electron chi connectivity index (χ0n) is 15.0. The number of ether oxygens (including phenoxy) is 1. The number of piperidine rings is 1. The molecule has 3 heterocycles. The molecule has 1 aromatic rings. The minimum Gasteiger partial charge on any atom is -0.390 e. The molecule has 1 atom stereocenters. The molecule has 2 fully saturated rings. The highest BCUT2D eigenvalue weighted by Gasteiger charge is 2.44. The molecule has 2 aliphatic rings. The number of nitrogens with zero attached hydrogens (tertiary/aromatic N) is 3. The van der Waals surface area contributed by atoms with Crippen molar-refractivity contribution in [1.29, 1.82) is 0 Å². The van der Waals surface area contributed by atoms with Crippen molar-refractivity contribution in [3.05, 3.63) is 17.0 Å². The van der Waals surface area contributed by atoms with E-state index in [0.717, 1.165) is 42.8 Å². The Morgan fingerprint density at radius 3 is 2.71 bits per heavy atom. The Labute approximate surface area is 143 Å². The van der Waals surface area contributed by atoms with Crippen LogP contribution in [-0.4, -0.2) is 57.1 Å². The van der Waals surface area contributed by atoms with Gasteiger partial charge in [0.25, 0.3) is 5.91 Å². The predicted molar refractivity (Wildman–Crippen MR) is 91.1 cm³/mol. The van der Waals surface area contributed by atoms with Crippen LogP contribution < -0.4 is 0 Å². The molecule has 0 radical (unpaired) electrons. The second-order valence-corrected chi connectivity index (χ2v) is 7.13. The first kappa shape index (κ1) is 17.4. The summed E-state index contributed by atoms with van der Waals surface area (Å²) >= 11 is 0. The Kier molecular flexibility index (Phi) is 4.97. The second-order valence-electron chi connectivity index (χ2n) is 7.13. The van der Waals surface area contributed by atoms with Crippen LogP contribution in [0.1, 0.15) is 60.8 Å². The van der Waals surface area contributed by atoms with Gasteiger partial charge in [-0.1, -0.05) is 6.92 Å². The van der Waals surface area contributed by atoms with Gasteiger partial charge in [0, 0.05) is 31.9 Å². The van der Waals surface area contributed by atoms with Crippen molar-refractivity contribution in [2.75, 3.05) is 19.7 Å². The van der Waals surface area contributed by atoms with E-state index < -0.39 is 11.7 Å². The lowest BCUT2D eigenvalue weighted by Gasteiger charge is -2.46. The SMILES string of the molecule is CCCn1nc(C)c(C(=O)N2CCC3(CC2)OCCCC3O)c1C. The van der Waals surface area contributed by atoms with Crippen LogP contribution in [0.2, 0.25) is 0 Å². The monoisotopic (exact) mass is 335 g/mol. The zero-order valence-corrected chi connectivity index (χ0v) is 15.0. The third-order valence-corrected chi connectivity index (χ3v) is 5.55. The van der Waals surface area contributed by atoms with E-state index in [1.165, 1.54) is 0 Å². The molecule has 1 N–H and O–H groups in total. The first-order chi connectivity index (χ1) is 11.5. The molecule has 3 rings (SSSR count). The molecule has 0 aliphatic carbocycles. The van der Waals surface area contributed by atoms with Crippen LogP contribution >= 0.6 is 0 Å². The van der Waals surface area contributed by atoms with Gasteiger partial charge in [-0.25, -0.2) is 0 Å². The molecular weight excluding hydrogens is 306 g/mol. The number of aryl methyl sites for hydroxylation is 2. The van der Waals surface area contributed by atoms with Gasteiger partial charge in [0.1, 0.15) is 0 Å². The molecule has 6 heteroatoms. The average Bonchev–Trinajstić information content (AvgIpc) is 2.85. The average molecular weight is 335 g/mol. The van der Waals surface area contributed by atoms with E-state index in [9.17, 15) is 9.90 Å². The second kappa shape index (κ2) is 6.84. The Balaban J connectivity index is 1.72. The highest BCUT2D eigenvalue weighted by atomic mass is 16.5. The smallest absolute Gasteiger partial charge is 0.257 e. The molecule has 6 nitrogen and oxygen atoms in total. The first-order valence-electron chi connectivity index (χ1n) is 9.14. The fourth-order valence-electron chi connectivity index (χ4n) is 4.07. The summed E-state index contributed by atoms with van der Waals surface area (Å²) in [6, 6.07) is 0. The summed E-state index contributed by atoms with van der Waals surface area (Å²) in [5, 5.41) is 14.9. The van der Waals surface area contributed by atoms with Gasteiger partial charge in [0.15, 0.2) is 0 Å². The number of aliphatic hydroxyl groups excluding tert-OH is 1. The number of likely N-dealkylation sites (tertiary alicyclic amines) is 1. The summed E-state index contributed by atoms with van der Waals surface area (Å²) in [5.41, 5.74) is 2.06. The maximum Gasteiger partial charge on any atom is 0.257 e. The number of rotatable bonds is 3. The number of carbonyl (C=O) groups is 1. The van der Waals surface area contributed by atoms with E-state index in [-0.39, 0.29) is 5.91 Å². The summed E-state index contributed by atoms with van der Waals surface area (Å²) < 4.78 is 7.86. The number of carbonyl (C=O) groups excluding carboxylic acids is 1. The molecule has 0 bridgehead atoms. The lowest BCUT2D eigenvalue weighted by atomic mass is 9.82. The lowest BCUT2D eigenvalue weighted by molar-refractivity contribution is -0.174. The number of hydrogen-bond donors (Lipinski definition) is 1. The van der Waals surface area contributed by atoms with Crippen molar-refractivity contribution in [3.63, 3.8) is 0 Å². The van der Waals surface area contributed by atoms with Gasteiger partial charge in [0.2, 0.25) is 0 Å². The summed E-state index contributed by atoms with van der Waals surface area (Å²) in [5.74, 6) is 0.0625. The van der Waals surface area contributed by atoms with E-state index >= 15 is 0 Å². The normalized spacial score (nSPS) is 23.7. The molecule has 0 aromatic carbocycles. The van der Waals surface area contributed by atoms with Crippen LogP contribution in [0.15, 0.2) is 0 Å². The van der Waals surface area contributed by atoms with Crippen molar-refractivity contribution in [3.8, 4) is 0 Å². The molecule has 2 aliphatic heterocycles. The topological polar surface area (TPSA) is 67.6 Å². The van der Waals surface area contributed by atoms with Gasteiger partial charge in [0.05, 0.1) is 23.0 Å². The van der Waals surface area contributed by atoms with Gasteiger partial charge in [-0.3, -0.25) is 9.48 Å². The first-order valence-corrected chi connectivity index (χ1v) is 9.14. The van der Waals surface area contributed by atoms with Crippen LogP contribution in [0.3, 0.4) is 0 Å². The molecule has 1 spiro atoms. The lowest BCUT2D eigenvalue weighted by Crippen LogP contribution is -2.56. The molecule has 2 saturated heterocycles.